The number of ether oxygens (including phenoxy) is 1. The molecule has 0 unspecified atom stereocenters. The molecule has 0 spiro atoms. The molecule has 5 rings (SSSR count). The van der Waals surface area contributed by atoms with Crippen LogP contribution in [-0.4, -0.2) is 71.0 Å². The minimum atomic E-state index is -0.353. The zero-order valence-electron chi connectivity index (χ0n) is 19.2. The molecular formula is C25H29N5O3S. The minimum Gasteiger partial charge on any atom is -0.497 e. The standard InChI is InChI=1S/C25H29N5O3S/c1-33-19-3-4-21-20(10-19)16(6-8-27-21)7-9-30-13-17(22(31)14-30)11-26-12-18-2-5-23-25(28-18)29-24(32)15-34-23/h2-6,8,10,17,22,26,31H,7,9,11-15H2,1H3,(H,28,29,32)/t17-,22+/m0/s1. The van der Waals surface area contributed by atoms with Gasteiger partial charge in [0.15, 0.2) is 0 Å². The van der Waals surface area contributed by atoms with E-state index in [4.69, 9.17) is 4.74 Å². The first-order valence-electron chi connectivity index (χ1n) is 11.5. The minimum absolute atomic E-state index is 0.0109. The number of pyridine rings is 2. The second kappa shape index (κ2) is 10.3. The first-order chi connectivity index (χ1) is 16.6. The molecule has 1 saturated heterocycles. The van der Waals surface area contributed by atoms with Crippen LogP contribution < -0.4 is 15.4 Å². The molecule has 0 aliphatic carbocycles. The fourth-order valence-corrected chi connectivity index (χ4v) is 5.38. The number of hydrogen-bond acceptors (Lipinski definition) is 8. The normalized spacial score (nSPS) is 20.4. The van der Waals surface area contributed by atoms with Gasteiger partial charge in [0.1, 0.15) is 11.6 Å². The Bertz CT molecular complexity index is 1190. The van der Waals surface area contributed by atoms with Crippen molar-refractivity contribution in [3.63, 3.8) is 0 Å². The molecule has 4 heterocycles. The number of amides is 1. The molecule has 0 radical (unpaired) electrons. The number of nitrogens with one attached hydrogen (secondary N) is 2. The molecule has 3 N–H and O–H groups in total. The van der Waals surface area contributed by atoms with Crippen molar-refractivity contribution in [3.05, 3.63) is 53.9 Å². The number of anilines is 1. The number of nitrogens with zero attached hydrogens (tertiary/aromatic N) is 3. The summed E-state index contributed by atoms with van der Waals surface area (Å²) in [6.45, 7) is 3.73. The van der Waals surface area contributed by atoms with E-state index >= 15 is 0 Å². The van der Waals surface area contributed by atoms with Gasteiger partial charge in [-0.2, -0.15) is 0 Å². The van der Waals surface area contributed by atoms with E-state index in [1.807, 2.05) is 36.5 Å². The van der Waals surface area contributed by atoms with E-state index in [9.17, 15) is 9.90 Å². The topological polar surface area (TPSA) is 99.6 Å². The lowest BCUT2D eigenvalue weighted by Crippen LogP contribution is -2.30. The highest BCUT2D eigenvalue weighted by Crippen LogP contribution is 2.29. The molecule has 3 aromatic rings. The molecule has 9 heteroatoms. The summed E-state index contributed by atoms with van der Waals surface area (Å²) in [5.41, 5.74) is 3.09. The van der Waals surface area contributed by atoms with Crippen LogP contribution in [0.4, 0.5) is 5.82 Å². The van der Waals surface area contributed by atoms with Gasteiger partial charge >= 0.3 is 0 Å². The Labute approximate surface area is 203 Å². The third kappa shape index (κ3) is 5.17. The molecule has 1 amide bonds. The molecular weight excluding hydrogens is 450 g/mol. The van der Waals surface area contributed by atoms with Gasteiger partial charge in [0, 0.05) is 50.2 Å². The van der Waals surface area contributed by atoms with Crippen LogP contribution in [0.15, 0.2) is 47.5 Å². The van der Waals surface area contributed by atoms with Gasteiger partial charge in [-0.25, -0.2) is 4.98 Å². The van der Waals surface area contributed by atoms with E-state index in [1.165, 1.54) is 17.3 Å². The lowest BCUT2D eigenvalue weighted by atomic mass is 10.1. The largest absolute Gasteiger partial charge is 0.497 e. The number of aliphatic hydroxyl groups is 1. The molecule has 0 bridgehead atoms. The van der Waals surface area contributed by atoms with Crippen LogP contribution >= 0.6 is 11.8 Å². The fraction of sp³-hybridized carbons (Fsp3) is 0.400. The average molecular weight is 480 g/mol. The number of thioether (sulfide) groups is 1. The highest BCUT2D eigenvalue weighted by Gasteiger charge is 2.30. The third-order valence-corrected chi connectivity index (χ3v) is 7.51. The van der Waals surface area contributed by atoms with Crippen molar-refractivity contribution in [3.8, 4) is 5.75 Å². The van der Waals surface area contributed by atoms with Crippen molar-refractivity contribution in [2.45, 2.75) is 24.0 Å². The number of likely N-dealkylation sites (tertiary alicyclic amines) is 1. The summed E-state index contributed by atoms with van der Waals surface area (Å²) in [5.74, 6) is 2.08. The predicted molar refractivity (Wildman–Crippen MR) is 133 cm³/mol. The number of carbonyl (C=O) groups excluding carboxylic acids is 1. The molecule has 8 nitrogen and oxygen atoms in total. The van der Waals surface area contributed by atoms with Crippen molar-refractivity contribution in [1.29, 1.82) is 0 Å². The van der Waals surface area contributed by atoms with E-state index in [0.29, 0.717) is 31.2 Å². The second-order valence-electron chi connectivity index (χ2n) is 8.81. The van der Waals surface area contributed by atoms with Crippen LogP contribution in [-0.2, 0) is 17.8 Å². The van der Waals surface area contributed by atoms with Crippen LogP contribution in [0.5, 0.6) is 5.75 Å². The van der Waals surface area contributed by atoms with E-state index in [2.05, 4.69) is 31.6 Å². The number of fused-ring (bicyclic) bond motifs is 2. The number of rotatable bonds is 8. The van der Waals surface area contributed by atoms with Crippen molar-refractivity contribution >= 4 is 34.4 Å². The third-order valence-electron chi connectivity index (χ3n) is 6.46. The van der Waals surface area contributed by atoms with Gasteiger partial charge in [0.05, 0.1) is 35.1 Å². The van der Waals surface area contributed by atoms with E-state index in [0.717, 1.165) is 46.8 Å². The molecule has 178 valence electrons. The highest BCUT2D eigenvalue weighted by molar-refractivity contribution is 8.00. The summed E-state index contributed by atoms with van der Waals surface area (Å²) in [4.78, 5) is 24.0. The maximum Gasteiger partial charge on any atom is 0.235 e. The van der Waals surface area contributed by atoms with E-state index in [1.54, 1.807) is 7.11 Å². The quantitative estimate of drug-likeness (QED) is 0.453. The molecule has 2 aliphatic rings. The Kier molecular flexibility index (Phi) is 6.96. The number of benzene rings is 1. The zero-order chi connectivity index (χ0) is 23.5. The lowest BCUT2D eigenvalue weighted by molar-refractivity contribution is -0.113. The number of aliphatic hydroxyl groups excluding tert-OH is 1. The number of β-amino-alcohol motifs (C(OH)–C–C–N with tert-alkyl or cyclic N) is 1. The SMILES string of the molecule is COc1ccc2nccc(CCN3C[C@H](CNCc4ccc5c(n4)NC(=O)CS5)[C@H](O)C3)c2c1. The molecule has 1 fully saturated rings. The van der Waals surface area contributed by atoms with Crippen LogP contribution in [0.2, 0.25) is 0 Å². The van der Waals surface area contributed by atoms with Gasteiger partial charge in [0.2, 0.25) is 5.91 Å². The van der Waals surface area contributed by atoms with E-state index < -0.39 is 0 Å². The smallest absolute Gasteiger partial charge is 0.235 e. The average Bonchev–Trinajstić information content (AvgIpc) is 3.21. The number of hydrogen-bond donors (Lipinski definition) is 3. The van der Waals surface area contributed by atoms with Gasteiger partial charge < -0.3 is 25.4 Å². The van der Waals surface area contributed by atoms with Gasteiger partial charge in [0.25, 0.3) is 0 Å². The predicted octanol–water partition coefficient (Wildman–Crippen LogP) is 2.31. The van der Waals surface area contributed by atoms with Crippen molar-refractivity contribution < 1.29 is 14.6 Å². The Morgan fingerprint density at radius 3 is 3.06 bits per heavy atom. The zero-order valence-corrected chi connectivity index (χ0v) is 20.0. The fourth-order valence-electron chi connectivity index (χ4n) is 4.62. The molecule has 2 aliphatic heterocycles. The van der Waals surface area contributed by atoms with Crippen LogP contribution in [0.1, 0.15) is 11.3 Å². The second-order valence-corrected chi connectivity index (χ2v) is 9.82. The molecule has 0 saturated carbocycles. The van der Waals surface area contributed by atoms with Crippen molar-refractivity contribution in [2.24, 2.45) is 5.92 Å². The van der Waals surface area contributed by atoms with Gasteiger partial charge in [-0.1, -0.05) is 0 Å². The lowest BCUT2D eigenvalue weighted by Gasteiger charge is -2.18. The first-order valence-corrected chi connectivity index (χ1v) is 12.5. The summed E-state index contributed by atoms with van der Waals surface area (Å²) in [5, 5.41) is 18.0. The van der Waals surface area contributed by atoms with Crippen molar-refractivity contribution in [2.75, 3.05) is 44.4 Å². The molecule has 1 aromatic carbocycles. The number of aromatic nitrogens is 2. The summed E-state index contributed by atoms with van der Waals surface area (Å²) in [7, 11) is 1.68. The summed E-state index contributed by atoms with van der Waals surface area (Å²) >= 11 is 1.51. The number of carbonyl (C=O) groups is 1. The highest BCUT2D eigenvalue weighted by atomic mass is 32.2. The van der Waals surface area contributed by atoms with Gasteiger partial charge in [-0.3, -0.25) is 9.78 Å². The van der Waals surface area contributed by atoms with Gasteiger partial charge in [-0.05, 0) is 48.4 Å². The van der Waals surface area contributed by atoms with Gasteiger partial charge in [-0.15, -0.1) is 11.8 Å². The van der Waals surface area contributed by atoms with Crippen LogP contribution in [0.25, 0.3) is 10.9 Å². The summed E-state index contributed by atoms with van der Waals surface area (Å²) in [6.07, 6.45) is 2.39. The van der Waals surface area contributed by atoms with Crippen LogP contribution in [0, 0.1) is 5.92 Å². The maximum absolute atomic E-state index is 11.6. The molecule has 34 heavy (non-hydrogen) atoms. The summed E-state index contributed by atoms with van der Waals surface area (Å²) < 4.78 is 5.38. The first kappa shape index (κ1) is 23.0. The Morgan fingerprint density at radius 2 is 2.18 bits per heavy atom. The van der Waals surface area contributed by atoms with Crippen molar-refractivity contribution in [1.82, 2.24) is 20.2 Å². The molecule has 2 atom stereocenters. The maximum atomic E-state index is 11.6. The van der Waals surface area contributed by atoms with Crippen LogP contribution in [0.3, 0.4) is 0 Å². The monoisotopic (exact) mass is 479 g/mol. The van der Waals surface area contributed by atoms with E-state index in [-0.39, 0.29) is 17.9 Å². The summed E-state index contributed by atoms with van der Waals surface area (Å²) in [6, 6.07) is 12.0. The Hall–Kier alpha value is -2.72. The Balaban J connectivity index is 1.13. The Morgan fingerprint density at radius 1 is 1.26 bits per heavy atom. The number of methoxy groups -OCH3 is 1. The molecule has 2 aromatic heterocycles.